The Kier molecular flexibility index (Phi) is 7.28. The lowest BCUT2D eigenvalue weighted by molar-refractivity contribution is 0.102. The van der Waals surface area contributed by atoms with Gasteiger partial charge in [0.1, 0.15) is 0 Å². The smallest absolute Gasteiger partial charge is 0.255 e. The molecule has 0 saturated heterocycles. The predicted molar refractivity (Wildman–Crippen MR) is 129 cm³/mol. The Morgan fingerprint density at radius 3 is 2.24 bits per heavy atom. The van der Waals surface area contributed by atoms with E-state index >= 15 is 0 Å². The lowest BCUT2D eigenvalue weighted by Gasteiger charge is -2.14. The van der Waals surface area contributed by atoms with Crippen molar-refractivity contribution < 1.29 is 19.0 Å². The summed E-state index contributed by atoms with van der Waals surface area (Å²) >= 11 is 1.54. The summed E-state index contributed by atoms with van der Waals surface area (Å²) in [5.74, 6) is 1.82. The summed E-state index contributed by atoms with van der Waals surface area (Å²) in [5, 5.41) is 15.5. The number of carbonyl (C=O) groups excluding carboxylic acids is 1. The van der Waals surface area contributed by atoms with E-state index in [1.807, 2.05) is 18.2 Å². The quantitative estimate of drug-likeness (QED) is 0.358. The summed E-state index contributed by atoms with van der Waals surface area (Å²) in [6.07, 6.45) is 0. The van der Waals surface area contributed by atoms with Gasteiger partial charge in [-0.05, 0) is 40.3 Å². The van der Waals surface area contributed by atoms with Gasteiger partial charge < -0.3 is 19.5 Å². The second kappa shape index (κ2) is 10.7. The molecule has 0 aliphatic rings. The number of nitrogens with one attached hydrogen (secondary N) is 1. The van der Waals surface area contributed by atoms with Gasteiger partial charge in [-0.2, -0.15) is 4.68 Å². The molecule has 34 heavy (non-hydrogen) atoms. The van der Waals surface area contributed by atoms with Crippen LogP contribution in [0.15, 0.2) is 71.9 Å². The molecule has 0 atom stereocenters. The van der Waals surface area contributed by atoms with Crippen LogP contribution in [0.25, 0.3) is 5.69 Å². The molecule has 1 aromatic heterocycles. The Labute approximate surface area is 201 Å². The highest BCUT2D eigenvalue weighted by molar-refractivity contribution is 7.98. The summed E-state index contributed by atoms with van der Waals surface area (Å²) < 4.78 is 17.7. The van der Waals surface area contributed by atoms with Crippen molar-refractivity contribution in [2.75, 3.05) is 26.6 Å². The molecule has 0 aliphatic carbocycles. The van der Waals surface area contributed by atoms with Crippen molar-refractivity contribution in [2.45, 2.75) is 10.9 Å². The number of ether oxygens (including phenoxy) is 3. The fraction of sp³-hybridized carbons (Fsp3) is 0.167. The predicted octanol–water partition coefficient (Wildman–Crippen LogP) is 4.23. The summed E-state index contributed by atoms with van der Waals surface area (Å²) in [5.41, 5.74) is 2.93. The van der Waals surface area contributed by atoms with Gasteiger partial charge >= 0.3 is 0 Å². The van der Waals surface area contributed by atoms with Crippen molar-refractivity contribution >= 4 is 23.4 Å². The number of carbonyl (C=O) groups is 1. The van der Waals surface area contributed by atoms with Crippen molar-refractivity contribution in [1.29, 1.82) is 0 Å². The topological polar surface area (TPSA) is 100 Å². The normalized spacial score (nSPS) is 10.6. The Bertz CT molecular complexity index is 1240. The van der Waals surface area contributed by atoms with E-state index in [9.17, 15) is 4.79 Å². The average Bonchev–Trinajstić information content (AvgIpc) is 3.36. The van der Waals surface area contributed by atoms with Gasteiger partial charge in [0.2, 0.25) is 10.9 Å². The molecule has 0 saturated carbocycles. The number of benzene rings is 3. The highest BCUT2D eigenvalue weighted by Gasteiger charge is 2.16. The number of hydrogen-bond donors (Lipinski definition) is 1. The fourth-order valence-electron chi connectivity index (χ4n) is 3.26. The van der Waals surface area contributed by atoms with E-state index in [0.29, 0.717) is 33.7 Å². The Morgan fingerprint density at radius 1 is 0.941 bits per heavy atom. The largest absolute Gasteiger partial charge is 0.493 e. The van der Waals surface area contributed by atoms with Crippen molar-refractivity contribution in [3.8, 4) is 22.9 Å². The minimum Gasteiger partial charge on any atom is -0.493 e. The Balaban J connectivity index is 1.47. The summed E-state index contributed by atoms with van der Waals surface area (Å²) in [4.78, 5) is 12.8. The molecule has 9 nitrogen and oxygen atoms in total. The first-order valence-corrected chi connectivity index (χ1v) is 11.3. The van der Waals surface area contributed by atoms with Crippen LogP contribution in [0.5, 0.6) is 17.2 Å². The van der Waals surface area contributed by atoms with Crippen molar-refractivity contribution in [1.82, 2.24) is 20.2 Å². The molecular weight excluding hydrogens is 454 g/mol. The number of rotatable bonds is 9. The van der Waals surface area contributed by atoms with E-state index in [1.54, 1.807) is 41.1 Å². The third-order valence-corrected chi connectivity index (χ3v) is 5.94. The van der Waals surface area contributed by atoms with Crippen LogP contribution in [-0.2, 0) is 5.75 Å². The zero-order valence-corrected chi connectivity index (χ0v) is 19.7. The third-order valence-electron chi connectivity index (χ3n) is 4.95. The highest BCUT2D eigenvalue weighted by Crippen LogP contribution is 2.40. The van der Waals surface area contributed by atoms with Gasteiger partial charge in [-0.3, -0.25) is 4.79 Å². The van der Waals surface area contributed by atoms with Crippen LogP contribution in [0.4, 0.5) is 5.69 Å². The van der Waals surface area contributed by atoms with E-state index < -0.39 is 0 Å². The number of aromatic nitrogens is 4. The van der Waals surface area contributed by atoms with Crippen LogP contribution >= 0.6 is 11.8 Å². The molecule has 1 heterocycles. The first kappa shape index (κ1) is 23.1. The number of nitrogens with zero attached hydrogens (tertiary/aromatic N) is 4. The maximum atomic E-state index is 12.8. The molecule has 0 spiro atoms. The minimum absolute atomic E-state index is 0.281. The lowest BCUT2D eigenvalue weighted by Crippen LogP contribution is -2.12. The second-order valence-electron chi connectivity index (χ2n) is 7.06. The molecule has 1 N–H and O–H groups in total. The van der Waals surface area contributed by atoms with E-state index in [-0.39, 0.29) is 5.91 Å². The van der Waals surface area contributed by atoms with Crippen LogP contribution in [0.3, 0.4) is 0 Å². The van der Waals surface area contributed by atoms with Crippen molar-refractivity contribution in [3.63, 3.8) is 0 Å². The maximum Gasteiger partial charge on any atom is 0.255 e. The van der Waals surface area contributed by atoms with Crippen LogP contribution in [0.2, 0.25) is 0 Å². The van der Waals surface area contributed by atoms with Gasteiger partial charge in [0, 0.05) is 29.1 Å². The zero-order chi connectivity index (χ0) is 23.9. The standard InChI is InChI=1S/C24H23N5O4S/c1-31-20-13-18(14-21(32-2)22(20)33-3)25-23(30)17-9-11-19(12-10-17)29-24(26-27-28-29)34-15-16-7-5-4-6-8-16/h4-14H,15H2,1-3H3,(H,25,30). The first-order chi connectivity index (χ1) is 16.6. The molecule has 4 aromatic rings. The first-order valence-electron chi connectivity index (χ1n) is 10.3. The summed E-state index contributed by atoms with van der Waals surface area (Å²) in [6, 6.07) is 20.5. The number of methoxy groups -OCH3 is 3. The van der Waals surface area contributed by atoms with Gasteiger partial charge in [0.15, 0.2) is 11.5 Å². The van der Waals surface area contributed by atoms with Crippen molar-refractivity contribution in [3.05, 3.63) is 77.9 Å². The molecule has 10 heteroatoms. The number of thioether (sulfide) groups is 1. The van der Waals surface area contributed by atoms with E-state index in [0.717, 1.165) is 11.4 Å². The Hall–Kier alpha value is -4.05. The average molecular weight is 478 g/mol. The van der Waals surface area contributed by atoms with E-state index in [1.165, 1.54) is 38.7 Å². The molecule has 4 rings (SSSR count). The molecule has 0 bridgehead atoms. The van der Waals surface area contributed by atoms with Gasteiger partial charge in [-0.25, -0.2) is 0 Å². The molecule has 1 amide bonds. The molecule has 174 valence electrons. The molecule has 3 aromatic carbocycles. The van der Waals surface area contributed by atoms with E-state index in [4.69, 9.17) is 14.2 Å². The monoisotopic (exact) mass is 477 g/mol. The summed E-state index contributed by atoms with van der Waals surface area (Å²) in [6.45, 7) is 0. The molecular formula is C24H23N5O4S. The lowest BCUT2D eigenvalue weighted by atomic mass is 10.2. The van der Waals surface area contributed by atoms with Gasteiger partial charge in [-0.15, -0.1) is 5.10 Å². The van der Waals surface area contributed by atoms with E-state index in [2.05, 4.69) is 33.0 Å². The summed E-state index contributed by atoms with van der Waals surface area (Å²) in [7, 11) is 4.57. The van der Waals surface area contributed by atoms with Gasteiger partial charge in [-0.1, -0.05) is 42.1 Å². The Morgan fingerprint density at radius 2 is 1.62 bits per heavy atom. The molecule has 0 radical (unpaired) electrons. The van der Waals surface area contributed by atoms with Gasteiger partial charge in [0.05, 0.1) is 27.0 Å². The van der Waals surface area contributed by atoms with Gasteiger partial charge in [0.25, 0.3) is 5.91 Å². The van der Waals surface area contributed by atoms with Crippen LogP contribution < -0.4 is 19.5 Å². The number of hydrogen-bond acceptors (Lipinski definition) is 8. The molecule has 0 aliphatic heterocycles. The van der Waals surface area contributed by atoms with Crippen LogP contribution in [-0.4, -0.2) is 47.4 Å². The SMILES string of the molecule is COc1cc(NC(=O)c2ccc(-n3nnnc3SCc3ccccc3)cc2)cc(OC)c1OC. The number of anilines is 1. The second-order valence-corrected chi connectivity index (χ2v) is 8.01. The van der Waals surface area contributed by atoms with Crippen LogP contribution in [0.1, 0.15) is 15.9 Å². The number of tetrazole rings is 1. The zero-order valence-electron chi connectivity index (χ0n) is 18.9. The van der Waals surface area contributed by atoms with Crippen LogP contribution in [0, 0.1) is 0 Å². The number of amides is 1. The third kappa shape index (κ3) is 5.12. The molecule has 0 unspecified atom stereocenters. The highest BCUT2D eigenvalue weighted by atomic mass is 32.2. The maximum absolute atomic E-state index is 12.8. The fourth-order valence-corrected chi connectivity index (χ4v) is 4.11. The van der Waals surface area contributed by atoms with Crippen molar-refractivity contribution in [2.24, 2.45) is 0 Å². The minimum atomic E-state index is -0.281. The molecule has 0 fully saturated rings.